The number of aromatic nitrogens is 2. The molecule has 3 N–H and O–H groups in total. The van der Waals surface area contributed by atoms with Crippen molar-refractivity contribution in [2.75, 3.05) is 18.9 Å². The summed E-state index contributed by atoms with van der Waals surface area (Å²) in [5, 5.41) is 13.5. The van der Waals surface area contributed by atoms with E-state index in [4.69, 9.17) is 0 Å². The fraction of sp³-hybridized carbons (Fsp3) is 0.421. The van der Waals surface area contributed by atoms with Crippen molar-refractivity contribution in [2.45, 2.75) is 33.4 Å². The van der Waals surface area contributed by atoms with Gasteiger partial charge in [-0.25, -0.2) is 0 Å². The molecule has 7 nitrogen and oxygen atoms in total. The molecule has 2 aromatic rings. The number of nitrogens with one attached hydrogen (secondary N) is 3. The monoisotopic (exact) mass is 484 g/mol. The molecule has 1 heterocycles. The molecule has 27 heavy (non-hydrogen) atoms. The smallest absolute Gasteiger partial charge is 0.246 e. The van der Waals surface area contributed by atoms with Gasteiger partial charge in [-0.05, 0) is 36.1 Å². The van der Waals surface area contributed by atoms with E-state index in [1.165, 1.54) is 0 Å². The number of carbonyl (C=O) groups excluding carboxylic acids is 1. The number of hydrogen-bond donors (Lipinski definition) is 3. The van der Waals surface area contributed by atoms with Crippen LogP contribution in [0.2, 0.25) is 0 Å². The minimum atomic E-state index is -0.107. The summed E-state index contributed by atoms with van der Waals surface area (Å²) in [6.07, 6.45) is 4.51. The van der Waals surface area contributed by atoms with Crippen LogP contribution in [0.3, 0.4) is 0 Å². The van der Waals surface area contributed by atoms with E-state index >= 15 is 0 Å². The number of rotatable bonds is 8. The van der Waals surface area contributed by atoms with Gasteiger partial charge < -0.3 is 16.0 Å². The van der Waals surface area contributed by atoms with Crippen LogP contribution in [0.4, 0.5) is 5.69 Å². The summed E-state index contributed by atoms with van der Waals surface area (Å²) >= 11 is 0. The molecule has 1 aromatic carbocycles. The van der Waals surface area contributed by atoms with Crippen LogP contribution in [0.5, 0.6) is 0 Å². The molecule has 0 fully saturated rings. The maximum Gasteiger partial charge on any atom is 0.246 e. The first-order valence-corrected chi connectivity index (χ1v) is 8.87. The van der Waals surface area contributed by atoms with Gasteiger partial charge in [-0.3, -0.25) is 14.5 Å². The lowest BCUT2D eigenvalue weighted by Gasteiger charge is -2.13. The van der Waals surface area contributed by atoms with Crippen LogP contribution in [-0.2, 0) is 17.9 Å². The lowest BCUT2D eigenvalue weighted by atomic mass is 10.1. The highest BCUT2D eigenvalue weighted by molar-refractivity contribution is 14.0. The van der Waals surface area contributed by atoms with E-state index in [0.29, 0.717) is 12.5 Å². The average molecular weight is 484 g/mol. The van der Waals surface area contributed by atoms with Gasteiger partial charge in [0.25, 0.3) is 0 Å². The van der Waals surface area contributed by atoms with Crippen LogP contribution in [-0.4, -0.2) is 35.2 Å². The van der Waals surface area contributed by atoms with Gasteiger partial charge in [-0.2, -0.15) is 5.10 Å². The number of aliphatic imine (C=N–C) groups is 1. The Morgan fingerprint density at radius 1 is 1.26 bits per heavy atom. The lowest BCUT2D eigenvalue weighted by Crippen LogP contribution is -2.37. The third kappa shape index (κ3) is 8.89. The van der Waals surface area contributed by atoms with Gasteiger partial charge in [0.05, 0.1) is 0 Å². The summed E-state index contributed by atoms with van der Waals surface area (Å²) in [7, 11) is 1.76. The Bertz CT molecular complexity index is 715. The second-order valence-electron chi connectivity index (χ2n) is 6.49. The van der Waals surface area contributed by atoms with Crippen molar-refractivity contribution >= 4 is 41.5 Å². The molecule has 1 amide bonds. The molecular formula is C19H29IN6O. The van der Waals surface area contributed by atoms with Crippen molar-refractivity contribution in [3.63, 3.8) is 0 Å². The molecule has 1 aromatic heterocycles. The quantitative estimate of drug-likeness (QED) is 0.306. The van der Waals surface area contributed by atoms with Crippen LogP contribution in [0.25, 0.3) is 0 Å². The first-order chi connectivity index (χ1) is 12.6. The highest BCUT2D eigenvalue weighted by Crippen LogP contribution is 2.10. The van der Waals surface area contributed by atoms with Gasteiger partial charge in [0, 0.05) is 38.2 Å². The Labute approximate surface area is 178 Å². The van der Waals surface area contributed by atoms with E-state index in [-0.39, 0.29) is 36.4 Å². The number of halogens is 1. The van der Waals surface area contributed by atoms with Gasteiger partial charge in [-0.15, -0.1) is 24.0 Å². The fourth-order valence-corrected chi connectivity index (χ4v) is 2.39. The number of hydrogen-bond acceptors (Lipinski definition) is 3. The number of amides is 1. The van der Waals surface area contributed by atoms with Crippen molar-refractivity contribution in [3.8, 4) is 0 Å². The molecule has 0 aliphatic rings. The van der Waals surface area contributed by atoms with Gasteiger partial charge in [0.2, 0.25) is 5.91 Å². The summed E-state index contributed by atoms with van der Waals surface area (Å²) < 4.78 is 1.59. The van der Waals surface area contributed by atoms with Crippen molar-refractivity contribution in [3.05, 3.63) is 48.3 Å². The number of benzene rings is 1. The second-order valence-corrected chi connectivity index (χ2v) is 6.49. The van der Waals surface area contributed by atoms with Crippen LogP contribution < -0.4 is 16.0 Å². The van der Waals surface area contributed by atoms with Crippen LogP contribution in [0, 0.1) is 5.92 Å². The van der Waals surface area contributed by atoms with Crippen LogP contribution in [0.15, 0.2) is 47.7 Å². The lowest BCUT2D eigenvalue weighted by molar-refractivity contribution is -0.116. The topological polar surface area (TPSA) is 83.3 Å². The predicted molar refractivity (Wildman–Crippen MR) is 120 cm³/mol. The second kappa shape index (κ2) is 12.3. The third-order valence-electron chi connectivity index (χ3n) is 3.77. The zero-order chi connectivity index (χ0) is 18.8. The van der Waals surface area contributed by atoms with Crippen molar-refractivity contribution in [1.29, 1.82) is 0 Å². The van der Waals surface area contributed by atoms with Crippen molar-refractivity contribution in [1.82, 2.24) is 20.4 Å². The standard InChI is InChI=1S/C19H28N6O.HI/c1-15(2)8-10-21-19(20-3)22-13-16-6-4-7-17(12-16)24-18(26)14-25-11-5-9-23-25;/h4-7,9,11-12,15H,8,10,13-14H2,1-3H3,(H,24,26)(H2,20,21,22);1H. The maximum atomic E-state index is 12.1. The zero-order valence-corrected chi connectivity index (χ0v) is 18.4. The molecule has 0 atom stereocenters. The molecule has 0 spiro atoms. The van der Waals surface area contributed by atoms with Gasteiger partial charge in [0.15, 0.2) is 5.96 Å². The number of nitrogens with zero attached hydrogens (tertiary/aromatic N) is 3. The van der Waals surface area contributed by atoms with Gasteiger partial charge >= 0.3 is 0 Å². The molecule has 148 valence electrons. The largest absolute Gasteiger partial charge is 0.356 e. The van der Waals surface area contributed by atoms with E-state index in [9.17, 15) is 4.79 Å². The molecular weight excluding hydrogens is 455 g/mol. The Kier molecular flexibility index (Phi) is 10.5. The Balaban J connectivity index is 0.00000364. The Hall–Kier alpha value is -2.10. The average Bonchev–Trinajstić information content (AvgIpc) is 3.10. The highest BCUT2D eigenvalue weighted by Gasteiger charge is 2.05. The highest BCUT2D eigenvalue weighted by atomic mass is 127. The molecule has 0 saturated carbocycles. The summed E-state index contributed by atoms with van der Waals surface area (Å²) in [4.78, 5) is 16.3. The molecule has 8 heteroatoms. The Morgan fingerprint density at radius 3 is 2.74 bits per heavy atom. The zero-order valence-electron chi connectivity index (χ0n) is 16.1. The van der Waals surface area contributed by atoms with Gasteiger partial charge in [-0.1, -0.05) is 26.0 Å². The summed E-state index contributed by atoms with van der Waals surface area (Å²) in [6, 6.07) is 9.56. The van der Waals surface area contributed by atoms with E-state index in [2.05, 4.69) is 39.9 Å². The van der Waals surface area contributed by atoms with Crippen LogP contribution >= 0.6 is 24.0 Å². The third-order valence-corrected chi connectivity index (χ3v) is 3.77. The first kappa shape index (κ1) is 22.9. The van der Waals surface area contributed by atoms with Crippen LogP contribution in [0.1, 0.15) is 25.8 Å². The number of anilines is 1. The fourth-order valence-electron chi connectivity index (χ4n) is 2.39. The molecule has 0 aliphatic heterocycles. The minimum absolute atomic E-state index is 0. The van der Waals surface area contributed by atoms with Crippen molar-refractivity contribution in [2.24, 2.45) is 10.9 Å². The van der Waals surface area contributed by atoms with E-state index in [1.807, 2.05) is 24.3 Å². The minimum Gasteiger partial charge on any atom is -0.356 e. The molecule has 0 unspecified atom stereocenters. The summed E-state index contributed by atoms with van der Waals surface area (Å²) in [5.41, 5.74) is 1.83. The van der Waals surface area contributed by atoms with E-state index in [1.54, 1.807) is 30.2 Å². The maximum absolute atomic E-state index is 12.1. The molecule has 0 aliphatic carbocycles. The molecule has 0 bridgehead atoms. The molecule has 0 radical (unpaired) electrons. The van der Waals surface area contributed by atoms with Crippen molar-refractivity contribution < 1.29 is 4.79 Å². The van der Waals surface area contributed by atoms with E-state index < -0.39 is 0 Å². The van der Waals surface area contributed by atoms with Gasteiger partial charge in [0.1, 0.15) is 6.54 Å². The first-order valence-electron chi connectivity index (χ1n) is 8.87. The predicted octanol–water partition coefficient (Wildman–Crippen LogP) is 2.85. The molecule has 0 saturated heterocycles. The normalized spacial score (nSPS) is 11.0. The molecule has 2 rings (SSSR count). The summed E-state index contributed by atoms with van der Waals surface area (Å²) in [6.45, 7) is 6.11. The SMILES string of the molecule is CN=C(NCCC(C)C)NCc1cccc(NC(=O)Cn2cccn2)c1.I. The Morgan fingerprint density at radius 2 is 2.07 bits per heavy atom. The summed E-state index contributed by atoms with van der Waals surface area (Å²) in [5.74, 6) is 1.33. The number of guanidine groups is 1. The number of carbonyl (C=O) groups is 1. The van der Waals surface area contributed by atoms with E-state index in [0.717, 1.165) is 30.2 Å².